The second-order valence-corrected chi connectivity index (χ2v) is 8.11. The van der Waals surface area contributed by atoms with Crippen molar-refractivity contribution >= 4 is 23.3 Å². The highest BCUT2D eigenvalue weighted by atomic mass is 35.5. The third-order valence-corrected chi connectivity index (χ3v) is 5.70. The molecule has 2 N–H and O–H groups in total. The Hall–Kier alpha value is -3.54. The summed E-state index contributed by atoms with van der Waals surface area (Å²) >= 11 is 5.88. The largest absolute Gasteiger partial charge is 0.427 e. The molecule has 1 aromatic heterocycles. The maximum Gasteiger partial charge on any atom is 0.427 e. The minimum absolute atomic E-state index is 0.0230. The smallest absolute Gasteiger partial charge is 0.326 e. The molecule has 2 heterocycles. The van der Waals surface area contributed by atoms with Gasteiger partial charge in [-0.2, -0.15) is 26.3 Å². The normalized spacial score (nSPS) is 15.2. The number of benzene rings is 2. The number of nitrogens with zero attached hydrogens (tertiary/aromatic N) is 2. The van der Waals surface area contributed by atoms with Crippen LogP contribution in [-0.2, 0) is 18.5 Å². The summed E-state index contributed by atoms with van der Waals surface area (Å²) in [4.78, 5) is 29.7. The Morgan fingerprint density at radius 2 is 1.60 bits per heavy atom. The van der Waals surface area contributed by atoms with Crippen LogP contribution in [0, 0.1) is 0 Å². The molecule has 0 aliphatic carbocycles. The van der Waals surface area contributed by atoms with Gasteiger partial charge in [0, 0.05) is 17.1 Å². The zero-order chi connectivity index (χ0) is 25.6. The summed E-state index contributed by atoms with van der Waals surface area (Å²) in [7, 11) is 0. The molecule has 4 rings (SSSR count). The lowest BCUT2D eigenvalue weighted by Gasteiger charge is -2.38. The van der Waals surface area contributed by atoms with E-state index in [2.05, 4.69) is 10.3 Å². The van der Waals surface area contributed by atoms with Gasteiger partial charge in [0.2, 0.25) is 0 Å². The number of hydrogen-bond acceptors (Lipinski definition) is 4. The fourth-order valence-electron chi connectivity index (χ4n) is 3.84. The van der Waals surface area contributed by atoms with Crippen molar-refractivity contribution in [3.05, 3.63) is 97.1 Å². The van der Waals surface area contributed by atoms with E-state index in [1.54, 1.807) is 35.3 Å². The molecule has 6 nitrogen and oxygen atoms in total. The second kappa shape index (κ2) is 8.59. The molecule has 0 saturated heterocycles. The Kier molecular flexibility index (Phi) is 6.04. The van der Waals surface area contributed by atoms with Gasteiger partial charge in [0.15, 0.2) is 0 Å². The van der Waals surface area contributed by atoms with Crippen molar-refractivity contribution in [3.63, 3.8) is 0 Å². The minimum Gasteiger partial charge on any atom is -0.326 e. The van der Waals surface area contributed by atoms with Crippen LogP contribution in [0.15, 0.2) is 69.2 Å². The number of alkyl halides is 6. The number of fused-ring (bicyclic) bond motifs is 1. The van der Waals surface area contributed by atoms with Crippen molar-refractivity contribution in [2.24, 2.45) is 4.99 Å². The molecule has 35 heavy (non-hydrogen) atoms. The van der Waals surface area contributed by atoms with Crippen LogP contribution in [0.3, 0.4) is 0 Å². The van der Waals surface area contributed by atoms with Gasteiger partial charge in [-0.3, -0.25) is 14.3 Å². The molecule has 0 atom stereocenters. The van der Waals surface area contributed by atoms with Crippen molar-refractivity contribution in [2.75, 3.05) is 5.32 Å². The fourth-order valence-corrected chi connectivity index (χ4v) is 4.03. The maximum absolute atomic E-state index is 14.3. The molecule has 0 radical (unpaired) electrons. The van der Waals surface area contributed by atoms with Crippen LogP contribution in [0.4, 0.5) is 32.2 Å². The van der Waals surface area contributed by atoms with Gasteiger partial charge in [0.25, 0.3) is 11.1 Å². The number of amidine groups is 1. The Morgan fingerprint density at radius 1 is 0.943 bits per heavy atom. The topological polar surface area (TPSA) is 79.2 Å². The van der Waals surface area contributed by atoms with Gasteiger partial charge in [-0.05, 0) is 24.1 Å². The lowest BCUT2D eigenvalue weighted by atomic mass is 9.87. The van der Waals surface area contributed by atoms with Crippen molar-refractivity contribution in [3.8, 4) is 0 Å². The standard InChI is InChI=1S/C22H15ClF6N4O2/c23-14-8-4-7-13(11-14)16-30-17-15(20(32-16,21(24,25)26)22(27,28)29)18(34)31-19(35)33(17)10-9-12-5-2-1-3-6-12/h1-8,11H,9-10H2,(H,30,32)(H,31,34,35). The number of anilines is 1. The number of aryl methyl sites for hydroxylation is 1. The summed E-state index contributed by atoms with van der Waals surface area (Å²) in [6.07, 6.45) is -12.1. The lowest BCUT2D eigenvalue weighted by Crippen LogP contribution is -2.59. The molecule has 3 aromatic rings. The van der Waals surface area contributed by atoms with Gasteiger partial charge in [-0.25, -0.2) is 9.79 Å². The molecule has 0 amide bonds. The summed E-state index contributed by atoms with van der Waals surface area (Å²) in [6, 6.07) is 13.4. The van der Waals surface area contributed by atoms with E-state index >= 15 is 0 Å². The zero-order valence-electron chi connectivity index (χ0n) is 17.5. The minimum atomic E-state index is -6.08. The summed E-state index contributed by atoms with van der Waals surface area (Å²) in [5, 5.41) is 2.38. The van der Waals surface area contributed by atoms with Crippen molar-refractivity contribution in [2.45, 2.75) is 30.9 Å². The monoisotopic (exact) mass is 516 g/mol. The number of H-pyrrole nitrogens is 1. The van der Waals surface area contributed by atoms with E-state index in [9.17, 15) is 35.9 Å². The maximum atomic E-state index is 14.3. The molecule has 0 bridgehead atoms. The fraction of sp³-hybridized carbons (Fsp3) is 0.227. The van der Waals surface area contributed by atoms with Gasteiger partial charge < -0.3 is 5.32 Å². The summed E-state index contributed by atoms with van der Waals surface area (Å²) in [5.74, 6) is -1.80. The van der Waals surface area contributed by atoms with Crippen LogP contribution in [0.2, 0.25) is 5.02 Å². The first-order valence-electron chi connectivity index (χ1n) is 10.0. The molecule has 0 unspecified atom stereocenters. The van der Waals surface area contributed by atoms with Gasteiger partial charge in [0.1, 0.15) is 17.2 Å². The van der Waals surface area contributed by atoms with Gasteiger partial charge in [-0.15, -0.1) is 0 Å². The van der Waals surface area contributed by atoms with E-state index in [4.69, 9.17) is 11.6 Å². The quantitative estimate of drug-likeness (QED) is 0.497. The van der Waals surface area contributed by atoms with E-state index in [1.165, 1.54) is 18.2 Å². The molecular formula is C22H15ClF6N4O2. The molecule has 0 saturated carbocycles. The number of halogens is 7. The first-order valence-corrected chi connectivity index (χ1v) is 10.4. The average molecular weight is 517 g/mol. The number of aliphatic imine (C=N–C) groups is 1. The zero-order valence-corrected chi connectivity index (χ0v) is 18.2. The number of hydrogen-bond donors (Lipinski definition) is 2. The van der Waals surface area contributed by atoms with E-state index < -0.39 is 46.4 Å². The molecular weight excluding hydrogens is 502 g/mol. The molecule has 0 spiro atoms. The van der Waals surface area contributed by atoms with Crippen molar-refractivity contribution in [1.82, 2.24) is 9.55 Å². The van der Waals surface area contributed by atoms with E-state index in [0.29, 0.717) is 10.1 Å². The van der Waals surface area contributed by atoms with Crippen LogP contribution in [0.5, 0.6) is 0 Å². The first kappa shape index (κ1) is 24.6. The molecule has 13 heteroatoms. The van der Waals surface area contributed by atoms with E-state index in [1.807, 2.05) is 0 Å². The van der Waals surface area contributed by atoms with Crippen LogP contribution in [0.1, 0.15) is 16.7 Å². The number of nitrogens with one attached hydrogen (secondary N) is 2. The van der Waals surface area contributed by atoms with Crippen LogP contribution < -0.4 is 16.6 Å². The Bertz CT molecular complexity index is 1400. The van der Waals surface area contributed by atoms with Crippen LogP contribution in [0.25, 0.3) is 0 Å². The van der Waals surface area contributed by atoms with Crippen molar-refractivity contribution in [1.29, 1.82) is 0 Å². The summed E-state index contributed by atoms with van der Waals surface area (Å²) in [6.45, 7) is -0.330. The predicted molar refractivity (Wildman–Crippen MR) is 117 cm³/mol. The van der Waals surface area contributed by atoms with Crippen molar-refractivity contribution < 1.29 is 26.3 Å². The predicted octanol–water partition coefficient (Wildman–Crippen LogP) is 4.62. The second-order valence-electron chi connectivity index (χ2n) is 7.67. The van der Waals surface area contributed by atoms with Crippen LogP contribution in [-0.4, -0.2) is 27.7 Å². The third kappa shape index (κ3) is 4.22. The molecule has 2 aromatic carbocycles. The summed E-state index contributed by atoms with van der Waals surface area (Å²) < 4.78 is 86.3. The Balaban J connectivity index is 2.02. The van der Waals surface area contributed by atoms with E-state index in [-0.39, 0.29) is 23.6 Å². The molecule has 0 fully saturated rings. The Labute approximate surface area is 197 Å². The van der Waals surface area contributed by atoms with E-state index in [0.717, 1.165) is 6.07 Å². The van der Waals surface area contributed by atoms with Gasteiger partial charge >= 0.3 is 18.0 Å². The SMILES string of the molecule is O=c1[nH]c(=O)n(CCc2ccccc2)c2c1C(C(F)(F)F)(C(F)(F)F)N=C(c1cccc(Cl)c1)N2. The first-order chi connectivity index (χ1) is 16.3. The highest BCUT2D eigenvalue weighted by Crippen LogP contribution is 2.55. The van der Waals surface area contributed by atoms with Gasteiger partial charge in [-0.1, -0.05) is 54.1 Å². The third-order valence-electron chi connectivity index (χ3n) is 5.46. The molecule has 1 aliphatic rings. The van der Waals surface area contributed by atoms with Gasteiger partial charge in [0.05, 0.1) is 0 Å². The van der Waals surface area contributed by atoms with Crippen LogP contribution >= 0.6 is 11.6 Å². The number of rotatable bonds is 4. The molecule has 1 aliphatic heterocycles. The number of aromatic nitrogens is 2. The highest BCUT2D eigenvalue weighted by Gasteiger charge is 2.75. The Morgan fingerprint density at radius 3 is 2.20 bits per heavy atom. The molecule has 184 valence electrons. The lowest BCUT2D eigenvalue weighted by molar-refractivity contribution is -0.301. The average Bonchev–Trinajstić information content (AvgIpc) is 2.77. The highest BCUT2D eigenvalue weighted by molar-refractivity contribution is 6.31. The summed E-state index contributed by atoms with van der Waals surface area (Å²) in [5.41, 5.74) is -9.27. The number of aromatic amines is 1.